The van der Waals surface area contributed by atoms with E-state index in [1.165, 1.54) is 64.0 Å². The molecule has 0 radical (unpaired) electrons. The number of nitrogens with one attached hydrogen (secondary N) is 1. The molecule has 18 heavy (non-hydrogen) atoms. The zero-order valence-electron chi connectivity index (χ0n) is 12.6. The molecule has 1 rings (SSSR count). The molecular weight excluding hydrogens is 240 g/mol. The molecule has 0 amide bonds. The highest BCUT2D eigenvalue weighted by Gasteiger charge is 2.15. The van der Waals surface area contributed by atoms with Gasteiger partial charge in [-0.15, -0.1) is 0 Å². The summed E-state index contributed by atoms with van der Waals surface area (Å²) < 4.78 is 0. The predicted octanol–water partition coefficient (Wildman–Crippen LogP) is 3.37. The van der Waals surface area contributed by atoms with Crippen molar-refractivity contribution in [3.8, 4) is 0 Å². The Labute approximate surface area is 118 Å². The average Bonchev–Trinajstić information content (AvgIpc) is 2.43. The lowest BCUT2D eigenvalue weighted by Gasteiger charge is -2.29. The van der Waals surface area contributed by atoms with Crippen molar-refractivity contribution in [3.63, 3.8) is 0 Å². The summed E-state index contributed by atoms with van der Waals surface area (Å²) in [6.45, 7) is 12.0. The van der Waals surface area contributed by atoms with Crippen LogP contribution in [0.1, 0.15) is 52.9 Å². The first kappa shape index (κ1) is 16.3. The summed E-state index contributed by atoms with van der Waals surface area (Å²) in [5.41, 5.74) is 0. The Morgan fingerprint density at radius 2 is 1.94 bits per heavy atom. The fourth-order valence-electron chi connectivity index (χ4n) is 2.47. The van der Waals surface area contributed by atoms with E-state index in [1.807, 2.05) is 0 Å². The van der Waals surface area contributed by atoms with E-state index in [0.29, 0.717) is 0 Å². The highest BCUT2D eigenvalue weighted by atomic mass is 32.2. The third kappa shape index (κ3) is 6.44. The van der Waals surface area contributed by atoms with Gasteiger partial charge in [0.1, 0.15) is 0 Å². The molecule has 0 aromatic heterocycles. The van der Waals surface area contributed by atoms with Crippen LogP contribution >= 0.6 is 11.8 Å². The monoisotopic (exact) mass is 272 g/mol. The van der Waals surface area contributed by atoms with Crippen molar-refractivity contribution in [2.75, 3.05) is 31.9 Å². The summed E-state index contributed by atoms with van der Waals surface area (Å²) >= 11 is 2.21. The second kappa shape index (κ2) is 10.1. The van der Waals surface area contributed by atoms with Crippen molar-refractivity contribution in [2.45, 2.75) is 64.2 Å². The molecule has 0 bridgehead atoms. The minimum Gasteiger partial charge on any atom is -0.317 e. The normalized spacial score (nSPS) is 19.3. The number of thioether (sulfide) groups is 1. The lowest BCUT2D eigenvalue weighted by Crippen LogP contribution is -2.36. The van der Waals surface area contributed by atoms with Crippen LogP contribution in [0.2, 0.25) is 0 Å². The molecule has 1 atom stereocenters. The van der Waals surface area contributed by atoms with E-state index in [9.17, 15) is 0 Å². The van der Waals surface area contributed by atoms with E-state index < -0.39 is 0 Å². The van der Waals surface area contributed by atoms with Gasteiger partial charge in [-0.05, 0) is 52.2 Å². The van der Waals surface area contributed by atoms with Crippen LogP contribution in [0.15, 0.2) is 0 Å². The van der Waals surface area contributed by atoms with Crippen LogP contribution in [0.4, 0.5) is 0 Å². The number of hydrogen-bond donors (Lipinski definition) is 1. The largest absolute Gasteiger partial charge is 0.317 e. The van der Waals surface area contributed by atoms with E-state index in [4.69, 9.17) is 0 Å². The molecule has 108 valence electrons. The molecule has 3 heteroatoms. The van der Waals surface area contributed by atoms with Gasteiger partial charge in [-0.25, -0.2) is 0 Å². The van der Waals surface area contributed by atoms with Gasteiger partial charge in [0.05, 0.1) is 0 Å². The lowest BCUT2D eigenvalue weighted by molar-refractivity contribution is 0.213. The molecule has 0 saturated carbocycles. The molecule has 0 aromatic rings. The highest BCUT2D eigenvalue weighted by Crippen LogP contribution is 2.20. The fourth-order valence-corrected chi connectivity index (χ4v) is 3.71. The summed E-state index contributed by atoms with van der Waals surface area (Å²) in [6.07, 6.45) is 6.67. The van der Waals surface area contributed by atoms with Gasteiger partial charge in [0.15, 0.2) is 0 Å². The van der Waals surface area contributed by atoms with Gasteiger partial charge in [0.25, 0.3) is 0 Å². The molecule has 1 aliphatic rings. The van der Waals surface area contributed by atoms with Crippen LogP contribution in [0.3, 0.4) is 0 Å². The second-order valence-corrected chi connectivity index (χ2v) is 6.88. The molecule has 1 unspecified atom stereocenters. The maximum absolute atomic E-state index is 3.45. The Kier molecular flexibility index (Phi) is 9.16. The van der Waals surface area contributed by atoms with Gasteiger partial charge in [-0.3, -0.25) is 4.90 Å². The maximum Gasteiger partial charge on any atom is 0.00753 e. The van der Waals surface area contributed by atoms with Crippen molar-refractivity contribution in [1.82, 2.24) is 10.2 Å². The molecule has 0 aliphatic carbocycles. The van der Waals surface area contributed by atoms with E-state index in [-0.39, 0.29) is 0 Å². The highest BCUT2D eigenvalue weighted by molar-refractivity contribution is 7.99. The Morgan fingerprint density at radius 3 is 2.56 bits per heavy atom. The van der Waals surface area contributed by atoms with Crippen molar-refractivity contribution >= 4 is 11.8 Å². The summed E-state index contributed by atoms with van der Waals surface area (Å²) in [5.74, 6) is 1.32. The minimum absolute atomic E-state index is 0.755. The van der Waals surface area contributed by atoms with Gasteiger partial charge in [-0.2, -0.15) is 11.8 Å². The van der Waals surface area contributed by atoms with Crippen LogP contribution < -0.4 is 5.32 Å². The average molecular weight is 273 g/mol. The van der Waals surface area contributed by atoms with Crippen LogP contribution in [-0.2, 0) is 0 Å². The third-order valence-electron chi connectivity index (χ3n) is 4.03. The Bertz CT molecular complexity index is 193. The van der Waals surface area contributed by atoms with E-state index in [0.717, 1.165) is 11.3 Å². The van der Waals surface area contributed by atoms with Crippen LogP contribution in [-0.4, -0.2) is 48.1 Å². The van der Waals surface area contributed by atoms with Gasteiger partial charge in [-0.1, -0.05) is 20.3 Å². The fraction of sp³-hybridized carbons (Fsp3) is 1.00. The molecule has 2 nitrogen and oxygen atoms in total. The van der Waals surface area contributed by atoms with Crippen LogP contribution in [0.25, 0.3) is 0 Å². The third-order valence-corrected chi connectivity index (χ3v) is 5.39. The maximum atomic E-state index is 3.45. The standard InChI is InChI=1S/C15H32N2S/c1-4-6-11-17(14(3)5-2)12-13-18-15-7-9-16-10-8-15/h14-16H,4-13H2,1-3H3. The van der Waals surface area contributed by atoms with E-state index >= 15 is 0 Å². The topological polar surface area (TPSA) is 15.3 Å². The predicted molar refractivity (Wildman–Crippen MR) is 84.6 cm³/mol. The first-order valence-electron chi connectivity index (χ1n) is 7.84. The van der Waals surface area contributed by atoms with Gasteiger partial charge < -0.3 is 5.32 Å². The quantitative estimate of drug-likeness (QED) is 0.693. The number of unbranched alkanes of at least 4 members (excludes halogenated alkanes) is 1. The smallest absolute Gasteiger partial charge is 0.00753 e. The Morgan fingerprint density at radius 1 is 1.22 bits per heavy atom. The minimum atomic E-state index is 0.755. The number of hydrogen-bond acceptors (Lipinski definition) is 3. The molecule has 0 aromatic carbocycles. The van der Waals surface area contributed by atoms with E-state index in [2.05, 4.69) is 42.7 Å². The van der Waals surface area contributed by atoms with Crippen molar-refractivity contribution in [1.29, 1.82) is 0 Å². The van der Waals surface area contributed by atoms with E-state index in [1.54, 1.807) is 0 Å². The first-order chi connectivity index (χ1) is 8.77. The summed E-state index contributed by atoms with van der Waals surface area (Å²) in [6, 6.07) is 0.755. The van der Waals surface area contributed by atoms with Crippen molar-refractivity contribution in [2.24, 2.45) is 0 Å². The zero-order valence-corrected chi connectivity index (χ0v) is 13.4. The second-order valence-electron chi connectivity index (χ2n) is 5.47. The molecule has 0 spiro atoms. The molecule has 1 aliphatic heterocycles. The first-order valence-corrected chi connectivity index (χ1v) is 8.89. The van der Waals surface area contributed by atoms with Crippen LogP contribution in [0.5, 0.6) is 0 Å². The molecule has 1 fully saturated rings. The Balaban J connectivity index is 2.18. The lowest BCUT2D eigenvalue weighted by atomic mass is 10.2. The number of piperidine rings is 1. The van der Waals surface area contributed by atoms with Gasteiger partial charge in [0, 0.05) is 23.6 Å². The summed E-state index contributed by atoms with van der Waals surface area (Å²) in [7, 11) is 0. The Hall–Kier alpha value is 0.270. The zero-order chi connectivity index (χ0) is 13.2. The molecule has 1 N–H and O–H groups in total. The van der Waals surface area contributed by atoms with Crippen LogP contribution in [0, 0.1) is 0 Å². The molecular formula is C15H32N2S. The van der Waals surface area contributed by atoms with Crippen molar-refractivity contribution in [3.05, 3.63) is 0 Å². The number of rotatable bonds is 9. The molecule has 1 heterocycles. The van der Waals surface area contributed by atoms with Gasteiger partial charge in [0.2, 0.25) is 0 Å². The summed E-state index contributed by atoms with van der Waals surface area (Å²) in [4.78, 5) is 2.69. The summed E-state index contributed by atoms with van der Waals surface area (Å²) in [5, 5.41) is 4.36. The number of nitrogens with zero attached hydrogens (tertiary/aromatic N) is 1. The molecule has 1 saturated heterocycles. The SMILES string of the molecule is CCCCN(CCSC1CCNCC1)C(C)CC. The van der Waals surface area contributed by atoms with Gasteiger partial charge >= 0.3 is 0 Å². The van der Waals surface area contributed by atoms with Crippen molar-refractivity contribution < 1.29 is 0 Å².